The number of amides is 2. The molecule has 2 amide bonds. The Morgan fingerprint density at radius 2 is 2.09 bits per heavy atom. The molecule has 0 unspecified atom stereocenters. The fraction of sp³-hybridized carbons (Fsp3) is 0.294. The molecule has 1 aromatic heterocycles. The highest BCUT2D eigenvalue weighted by atomic mass is 16.2. The molecule has 120 valence electrons. The van der Waals surface area contributed by atoms with Gasteiger partial charge in [-0.05, 0) is 31.2 Å². The number of nitrogens with one attached hydrogen (secondary N) is 1. The Labute approximate surface area is 134 Å². The number of likely N-dealkylation sites (tertiary alicyclic amines) is 1. The number of carbonyl (C=O) groups is 2. The van der Waals surface area contributed by atoms with Crippen LogP contribution in [0.3, 0.4) is 0 Å². The third kappa shape index (κ3) is 2.27. The van der Waals surface area contributed by atoms with Crippen LogP contribution in [0.2, 0.25) is 0 Å². The summed E-state index contributed by atoms with van der Waals surface area (Å²) in [6.45, 7) is 6.91. The summed E-state index contributed by atoms with van der Waals surface area (Å²) in [4.78, 5) is 30.2. The van der Waals surface area contributed by atoms with Crippen molar-refractivity contribution in [3.8, 4) is 0 Å². The van der Waals surface area contributed by atoms with E-state index in [-0.39, 0.29) is 11.4 Å². The quantitative estimate of drug-likeness (QED) is 0.839. The molecule has 3 rings (SSSR count). The standard InChI is InChI=1S/C17H20N4O2/c1-4-14(22)21-9-17(2,10-21)20(3)13-6-5-12(16(18)23)15-11(13)7-8-19-15/h4-8,19H,1,9-10H2,2-3H3,(H2,18,23). The SMILES string of the molecule is C=CC(=O)N1CC(C)(N(C)c2ccc(C(N)=O)c3[nH]ccc23)C1. The monoisotopic (exact) mass is 312 g/mol. The van der Waals surface area contributed by atoms with Crippen molar-refractivity contribution in [2.75, 3.05) is 25.0 Å². The van der Waals surface area contributed by atoms with Crippen LogP contribution in [0.25, 0.3) is 10.9 Å². The molecule has 2 heterocycles. The summed E-state index contributed by atoms with van der Waals surface area (Å²) >= 11 is 0. The van der Waals surface area contributed by atoms with Gasteiger partial charge in [0.15, 0.2) is 0 Å². The molecule has 6 heteroatoms. The fourth-order valence-electron chi connectivity index (χ4n) is 3.20. The first-order valence-corrected chi connectivity index (χ1v) is 7.42. The maximum Gasteiger partial charge on any atom is 0.250 e. The number of nitrogens with two attached hydrogens (primary N) is 1. The molecule has 6 nitrogen and oxygen atoms in total. The lowest BCUT2D eigenvalue weighted by atomic mass is 9.89. The molecule has 1 aromatic carbocycles. The zero-order valence-electron chi connectivity index (χ0n) is 13.3. The molecular formula is C17H20N4O2. The van der Waals surface area contributed by atoms with Crippen molar-refractivity contribution in [1.82, 2.24) is 9.88 Å². The number of hydrogen-bond donors (Lipinski definition) is 2. The van der Waals surface area contributed by atoms with Crippen molar-refractivity contribution < 1.29 is 9.59 Å². The number of fused-ring (bicyclic) bond motifs is 1. The van der Waals surface area contributed by atoms with E-state index in [2.05, 4.69) is 23.4 Å². The zero-order valence-corrected chi connectivity index (χ0v) is 13.3. The Kier molecular flexibility index (Phi) is 3.39. The van der Waals surface area contributed by atoms with Crippen LogP contribution >= 0.6 is 0 Å². The largest absolute Gasteiger partial charge is 0.366 e. The molecule has 1 saturated heterocycles. The fourth-order valence-corrected chi connectivity index (χ4v) is 3.20. The van der Waals surface area contributed by atoms with Crippen LogP contribution < -0.4 is 10.6 Å². The van der Waals surface area contributed by atoms with Gasteiger partial charge in [-0.1, -0.05) is 6.58 Å². The van der Waals surface area contributed by atoms with Gasteiger partial charge in [-0.3, -0.25) is 9.59 Å². The highest BCUT2D eigenvalue weighted by Gasteiger charge is 2.44. The van der Waals surface area contributed by atoms with E-state index in [1.807, 2.05) is 19.2 Å². The van der Waals surface area contributed by atoms with Gasteiger partial charge in [0.1, 0.15) is 0 Å². The second-order valence-corrected chi connectivity index (χ2v) is 6.22. The number of nitrogens with zero attached hydrogens (tertiary/aromatic N) is 2. The summed E-state index contributed by atoms with van der Waals surface area (Å²) in [5.74, 6) is -0.504. The third-order valence-electron chi connectivity index (χ3n) is 4.69. The molecule has 3 N–H and O–H groups in total. The van der Waals surface area contributed by atoms with Crippen molar-refractivity contribution in [3.63, 3.8) is 0 Å². The van der Waals surface area contributed by atoms with Crippen molar-refractivity contribution in [2.24, 2.45) is 5.73 Å². The molecule has 1 aliphatic rings. The van der Waals surface area contributed by atoms with E-state index in [1.54, 1.807) is 17.2 Å². The van der Waals surface area contributed by atoms with Gasteiger partial charge in [0.25, 0.3) is 5.91 Å². The van der Waals surface area contributed by atoms with E-state index < -0.39 is 5.91 Å². The Balaban J connectivity index is 1.94. The van der Waals surface area contributed by atoms with Crippen LogP contribution in [-0.2, 0) is 4.79 Å². The van der Waals surface area contributed by atoms with Crippen molar-refractivity contribution in [1.29, 1.82) is 0 Å². The average Bonchev–Trinajstić information content (AvgIpc) is 2.98. The lowest BCUT2D eigenvalue weighted by Gasteiger charge is -2.53. The number of primary amides is 1. The predicted molar refractivity (Wildman–Crippen MR) is 90.4 cm³/mol. The predicted octanol–water partition coefficient (Wildman–Crippen LogP) is 1.49. The number of aromatic nitrogens is 1. The van der Waals surface area contributed by atoms with Gasteiger partial charge in [-0.25, -0.2) is 0 Å². The molecule has 0 aliphatic carbocycles. The Morgan fingerprint density at radius 1 is 1.39 bits per heavy atom. The maximum atomic E-state index is 11.7. The number of carbonyl (C=O) groups excluding carboxylic acids is 2. The van der Waals surface area contributed by atoms with Crippen molar-refractivity contribution >= 4 is 28.4 Å². The van der Waals surface area contributed by atoms with Gasteiger partial charge in [0, 0.05) is 37.4 Å². The van der Waals surface area contributed by atoms with Crippen LogP contribution in [-0.4, -0.2) is 47.4 Å². The first kappa shape index (κ1) is 15.1. The molecule has 0 saturated carbocycles. The van der Waals surface area contributed by atoms with Crippen LogP contribution in [0, 0.1) is 0 Å². The topological polar surface area (TPSA) is 82.4 Å². The van der Waals surface area contributed by atoms with Gasteiger partial charge in [-0.2, -0.15) is 0 Å². The van der Waals surface area contributed by atoms with E-state index in [1.165, 1.54) is 6.08 Å². The van der Waals surface area contributed by atoms with Crippen molar-refractivity contribution in [2.45, 2.75) is 12.5 Å². The summed E-state index contributed by atoms with van der Waals surface area (Å²) in [6, 6.07) is 5.57. The summed E-state index contributed by atoms with van der Waals surface area (Å²) in [7, 11) is 2.00. The van der Waals surface area contributed by atoms with Crippen LogP contribution in [0.4, 0.5) is 5.69 Å². The molecule has 0 bridgehead atoms. The minimum absolute atomic E-state index is 0.0493. The van der Waals surface area contributed by atoms with Crippen LogP contribution in [0.1, 0.15) is 17.3 Å². The molecule has 1 fully saturated rings. The third-order valence-corrected chi connectivity index (χ3v) is 4.69. The van der Waals surface area contributed by atoms with E-state index in [0.717, 1.165) is 16.6 Å². The van der Waals surface area contributed by atoms with Gasteiger partial charge in [0.2, 0.25) is 5.91 Å². The lowest BCUT2D eigenvalue weighted by molar-refractivity contribution is -0.132. The molecule has 2 aromatic rings. The van der Waals surface area contributed by atoms with Gasteiger partial charge in [0.05, 0.1) is 16.6 Å². The number of aromatic amines is 1. The number of benzene rings is 1. The first-order chi connectivity index (χ1) is 10.9. The summed E-state index contributed by atoms with van der Waals surface area (Å²) in [5.41, 5.74) is 7.49. The van der Waals surface area contributed by atoms with Crippen LogP contribution in [0.5, 0.6) is 0 Å². The Hall–Kier alpha value is -2.76. The molecule has 0 radical (unpaired) electrons. The lowest BCUT2D eigenvalue weighted by Crippen LogP contribution is -2.69. The van der Waals surface area contributed by atoms with Crippen LogP contribution in [0.15, 0.2) is 37.1 Å². The van der Waals surface area contributed by atoms with Crippen molar-refractivity contribution in [3.05, 3.63) is 42.6 Å². The number of H-pyrrole nitrogens is 1. The van der Waals surface area contributed by atoms with Gasteiger partial charge in [-0.15, -0.1) is 0 Å². The zero-order chi connectivity index (χ0) is 16.8. The van der Waals surface area contributed by atoms with E-state index in [9.17, 15) is 9.59 Å². The first-order valence-electron chi connectivity index (χ1n) is 7.42. The maximum absolute atomic E-state index is 11.7. The highest BCUT2D eigenvalue weighted by Crippen LogP contribution is 2.36. The van der Waals surface area contributed by atoms with E-state index in [4.69, 9.17) is 5.73 Å². The molecular weight excluding hydrogens is 292 g/mol. The number of anilines is 1. The van der Waals surface area contributed by atoms with E-state index >= 15 is 0 Å². The summed E-state index contributed by atoms with van der Waals surface area (Å²) in [6.07, 6.45) is 3.14. The van der Waals surface area contributed by atoms with E-state index in [0.29, 0.717) is 18.7 Å². The summed E-state index contributed by atoms with van der Waals surface area (Å²) < 4.78 is 0. The minimum Gasteiger partial charge on any atom is -0.366 e. The summed E-state index contributed by atoms with van der Waals surface area (Å²) in [5, 5.41) is 0.943. The number of likely N-dealkylation sites (N-methyl/N-ethyl adjacent to an activating group) is 1. The molecule has 0 atom stereocenters. The Morgan fingerprint density at radius 3 is 2.70 bits per heavy atom. The molecule has 1 aliphatic heterocycles. The van der Waals surface area contributed by atoms with Gasteiger partial charge < -0.3 is 20.5 Å². The average molecular weight is 312 g/mol. The molecule has 0 spiro atoms. The minimum atomic E-state index is -0.454. The smallest absolute Gasteiger partial charge is 0.250 e. The highest BCUT2D eigenvalue weighted by molar-refractivity contribution is 6.08. The number of rotatable bonds is 4. The number of hydrogen-bond acceptors (Lipinski definition) is 3. The second-order valence-electron chi connectivity index (χ2n) is 6.22. The van der Waals surface area contributed by atoms with Gasteiger partial charge >= 0.3 is 0 Å². The normalized spacial score (nSPS) is 16.0. The molecule has 23 heavy (non-hydrogen) atoms. The second kappa shape index (κ2) is 5.15. The Bertz CT molecular complexity index is 802.